The van der Waals surface area contributed by atoms with Gasteiger partial charge >= 0.3 is 6.09 Å². The Hall–Kier alpha value is -2.06. The molecule has 2 aromatic rings. The van der Waals surface area contributed by atoms with Gasteiger partial charge in [0.25, 0.3) is 10.0 Å². The molecule has 1 atom stereocenters. The number of carbonyl (C=O) groups excluding carboxylic acids is 1. The van der Waals surface area contributed by atoms with Crippen molar-refractivity contribution in [2.45, 2.75) is 23.7 Å². The van der Waals surface area contributed by atoms with E-state index in [1.807, 2.05) is 0 Å². The fraction of sp³-hybridized carbons (Fsp3) is 0.267. The summed E-state index contributed by atoms with van der Waals surface area (Å²) in [4.78, 5) is 11.6. The Morgan fingerprint density at radius 3 is 2.83 bits per heavy atom. The molecule has 1 amide bonds. The SMILES string of the molecule is CC1Cc2cc(N(C)S(=O)(=O)c3cccs3)ccc2NC(=O)O1. The lowest BCUT2D eigenvalue weighted by molar-refractivity contribution is 0.123. The smallest absolute Gasteiger partial charge is 0.411 e. The fourth-order valence-corrected chi connectivity index (χ4v) is 4.77. The van der Waals surface area contributed by atoms with Crippen LogP contribution in [0.15, 0.2) is 39.9 Å². The Labute approximate surface area is 138 Å². The molecule has 1 N–H and O–H groups in total. The second-order valence-electron chi connectivity index (χ2n) is 5.29. The summed E-state index contributed by atoms with van der Waals surface area (Å²) in [5.41, 5.74) is 2.03. The van der Waals surface area contributed by atoms with Gasteiger partial charge in [0, 0.05) is 19.2 Å². The maximum Gasteiger partial charge on any atom is 0.411 e. The number of hydrogen-bond donors (Lipinski definition) is 1. The number of fused-ring (bicyclic) bond motifs is 1. The van der Waals surface area contributed by atoms with Crippen molar-refractivity contribution < 1.29 is 17.9 Å². The number of ether oxygens (including phenoxy) is 1. The summed E-state index contributed by atoms with van der Waals surface area (Å²) in [5, 5.41) is 4.39. The molecule has 0 bridgehead atoms. The molecule has 8 heteroatoms. The third-order valence-electron chi connectivity index (χ3n) is 3.61. The Morgan fingerprint density at radius 2 is 2.13 bits per heavy atom. The quantitative estimate of drug-likeness (QED) is 0.921. The fourth-order valence-electron chi connectivity index (χ4n) is 2.42. The number of sulfonamides is 1. The van der Waals surface area contributed by atoms with E-state index >= 15 is 0 Å². The van der Waals surface area contributed by atoms with E-state index in [1.54, 1.807) is 42.6 Å². The summed E-state index contributed by atoms with van der Waals surface area (Å²) in [5.74, 6) is 0. The summed E-state index contributed by atoms with van der Waals surface area (Å²) >= 11 is 1.18. The van der Waals surface area contributed by atoms with Crippen molar-refractivity contribution in [3.05, 3.63) is 41.3 Å². The van der Waals surface area contributed by atoms with Gasteiger partial charge in [0.1, 0.15) is 10.3 Å². The van der Waals surface area contributed by atoms with Crippen LogP contribution >= 0.6 is 11.3 Å². The number of carbonyl (C=O) groups is 1. The third kappa shape index (κ3) is 3.04. The van der Waals surface area contributed by atoms with Gasteiger partial charge in [0.15, 0.2) is 0 Å². The first-order chi connectivity index (χ1) is 10.9. The Morgan fingerprint density at radius 1 is 1.35 bits per heavy atom. The summed E-state index contributed by atoms with van der Waals surface area (Å²) in [6.07, 6.45) is -0.247. The van der Waals surface area contributed by atoms with E-state index in [2.05, 4.69) is 5.32 Å². The van der Waals surface area contributed by atoms with Crippen LogP contribution in [0.3, 0.4) is 0 Å². The van der Waals surface area contributed by atoms with Gasteiger partial charge in [-0.25, -0.2) is 13.2 Å². The van der Waals surface area contributed by atoms with Gasteiger partial charge in [0.05, 0.1) is 5.69 Å². The molecule has 0 fully saturated rings. The molecule has 1 aliphatic heterocycles. The van der Waals surface area contributed by atoms with Crippen molar-refractivity contribution in [3.63, 3.8) is 0 Å². The highest BCUT2D eigenvalue weighted by atomic mass is 32.2. The second-order valence-corrected chi connectivity index (χ2v) is 8.43. The zero-order valence-electron chi connectivity index (χ0n) is 12.6. The lowest BCUT2D eigenvalue weighted by Gasteiger charge is -2.20. The van der Waals surface area contributed by atoms with Gasteiger partial charge in [-0.1, -0.05) is 6.07 Å². The lowest BCUT2D eigenvalue weighted by atomic mass is 10.1. The lowest BCUT2D eigenvalue weighted by Crippen LogP contribution is -2.26. The summed E-state index contributed by atoms with van der Waals surface area (Å²) in [7, 11) is -2.06. The number of benzene rings is 1. The predicted molar refractivity (Wildman–Crippen MR) is 89.6 cm³/mol. The predicted octanol–water partition coefficient (Wildman–Crippen LogP) is 3.07. The highest BCUT2D eigenvalue weighted by molar-refractivity contribution is 7.94. The van der Waals surface area contributed by atoms with E-state index in [1.165, 1.54) is 22.7 Å². The van der Waals surface area contributed by atoms with Gasteiger partial charge in [0.2, 0.25) is 0 Å². The van der Waals surface area contributed by atoms with E-state index in [0.29, 0.717) is 22.0 Å². The maximum absolute atomic E-state index is 12.6. The first kappa shape index (κ1) is 15.8. The average molecular weight is 352 g/mol. The average Bonchev–Trinajstić information content (AvgIpc) is 2.98. The first-order valence-electron chi connectivity index (χ1n) is 7.01. The highest BCUT2D eigenvalue weighted by Crippen LogP contribution is 2.30. The Kier molecular flexibility index (Phi) is 4.03. The maximum atomic E-state index is 12.6. The molecule has 2 heterocycles. The molecule has 1 aromatic carbocycles. The van der Waals surface area contributed by atoms with Crippen molar-refractivity contribution in [2.24, 2.45) is 0 Å². The molecular weight excluding hydrogens is 336 g/mol. The van der Waals surface area contributed by atoms with Crippen LogP contribution in [0.4, 0.5) is 16.2 Å². The van der Waals surface area contributed by atoms with Gasteiger partial charge in [-0.15, -0.1) is 11.3 Å². The normalized spacial score (nSPS) is 17.7. The zero-order valence-corrected chi connectivity index (χ0v) is 14.3. The molecule has 0 saturated heterocycles. The topological polar surface area (TPSA) is 75.7 Å². The van der Waals surface area contributed by atoms with Crippen molar-refractivity contribution in [1.29, 1.82) is 0 Å². The molecule has 1 aliphatic rings. The Balaban J connectivity index is 1.97. The largest absolute Gasteiger partial charge is 0.446 e. The van der Waals surface area contributed by atoms with Crippen LogP contribution in [0.1, 0.15) is 12.5 Å². The zero-order chi connectivity index (χ0) is 16.6. The van der Waals surface area contributed by atoms with Crippen molar-refractivity contribution in [3.8, 4) is 0 Å². The van der Waals surface area contributed by atoms with Crippen LogP contribution < -0.4 is 9.62 Å². The molecular formula is C15H16N2O4S2. The van der Waals surface area contributed by atoms with Crippen molar-refractivity contribution >= 4 is 38.8 Å². The minimum atomic E-state index is -3.58. The number of thiophene rings is 1. The van der Waals surface area contributed by atoms with Crippen LogP contribution in [0, 0.1) is 0 Å². The molecule has 1 unspecified atom stereocenters. The number of rotatable bonds is 3. The van der Waals surface area contributed by atoms with Crippen molar-refractivity contribution in [2.75, 3.05) is 16.7 Å². The van der Waals surface area contributed by atoms with Gasteiger partial charge in [-0.3, -0.25) is 9.62 Å². The highest BCUT2D eigenvalue weighted by Gasteiger charge is 2.24. The molecule has 23 heavy (non-hydrogen) atoms. The van der Waals surface area contributed by atoms with E-state index in [0.717, 1.165) is 5.56 Å². The summed E-state index contributed by atoms with van der Waals surface area (Å²) < 4.78 is 31.9. The number of nitrogens with one attached hydrogen (secondary N) is 1. The minimum absolute atomic E-state index is 0.272. The third-order valence-corrected chi connectivity index (χ3v) is 6.77. The van der Waals surface area contributed by atoms with Gasteiger partial charge in [-0.2, -0.15) is 0 Å². The number of nitrogens with zero attached hydrogens (tertiary/aromatic N) is 1. The second kappa shape index (κ2) is 5.86. The number of anilines is 2. The molecule has 1 aromatic heterocycles. The first-order valence-corrected chi connectivity index (χ1v) is 9.33. The van der Waals surface area contributed by atoms with E-state index in [-0.39, 0.29) is 6.10 Å². The van der Waals surface area contributed by atoms with Gasteiger partial charge in [-0.05, 0) is 42.1 Å². The molecule has 0 radical (unpaired) electrons. The minimum Gasteiger partial charge on any atom is -0.446 e. The molecule has 6 nitrogen and oxygen atoms in total. The van der Waals surface area contributed by atoms with Crippen LogP contribution in [0.25, 0.3) is 0 Å². The molecule has 3 rings (SSSR count). The van der Waals surface area contributed by atoms with Crippen molar-refractivity contribution in [1.82, 2.24) is 0 Å². The van der Waals surface area contributed by atoms with Crippen LogP contribution in [-0.4, -0.2) is 27.7 Å². The number of cyclic esters (lactones) is 1. The van der Waals surface area contributed by atoms with E-state index in [9.17, 15) is 13.2 Å². The summed E-state index contributed by atoms with van der Waals surface area (Å²) in [6.45, 7) is 1.80. The number of hydrogen-bond acceptors (Lipinski definition) is 5. The van der Waals surface area contributed by atoms with Crippen LogP contribution in [0.5, 0.6) is 0 Å². The van der Waals surface area contributed by atoms with E-state index in [4.69, 9.17) is 4.74 Å². The molecule has 0 spiro atoms. The number of amides is 1. The monoisotopic (exact) mass is 352 g/mol. The standard InChI is InChI=1S/C15H16N2O4S2/c1-10-8-11-9-12(5-6-13(11)16-15(18)21-10)17(2)23(19,20)14-4-3-7-22-14/h3-7,9-10H,8H2,1-2H3,(H,16,18). The summed E-state index contributed by atoms with van der Waals surface area (Å²) in [6, 6.07) is 8.42. The van der Waals surface area contributed by atoms with Crippen LogP contribution in [0.2, 0.25) is 0 Å². The van der Waals surface area contributed by atoms with Crippen LogP contribution in [-0.2, 0) is 21.2 Å². The molecule has 0 saturated carbocycles. The van der Waals surface area contributed by atoms with Gasteiger partial charge < -0.3 is 4.74 Å². The molecule has 0 aliphatic carbocycles. The molecule has 122 valence electrons. The Bertz CT molecular complexity index is 831. The van der Waals surface area contributed by atoms with E-state index < -0.39 is 16.1 Å².